The number of amides is 5. The molecule has 0 aliphatic heterocycles. The van der Waals surface area contributed by atoms with E-state index in [1.54, 1.807) is 12.3 Å². The topological polar surface area (TPSA) is 253 Å². The molecule has 14 heteroatoms. The highest BCUT2D eigenvalue weighted by atomic mass is 16.4. The van der Waals surface area contributed by atoms with Crippen LogP contribution in [0.15, 0.2) is 30.5 Å². The Balaban J connectivity index is 2.12. The van der Waals surface area contributed by atoms with Crippen LogP contribution in [-0.4, -0.2) is 70.3 Å². The monoisotopic (exact) mass is 489 g/mol. The number of nitrogens with two attached hydrogens (primary N) is 3. The lowest BCUT2D eigenvalue weighted by Crippen LogP contribution is -2.54. The number of nitrogens with one attached hydrogen (secondary N) is 4. The van der Waals surface area contributed by atoms with Crippen molar-refractivity contribution in [3.8, 4) is 0 Å². The Hall–Kier alpha value is -4.46. The number of aromatic amines is 1. The Morgan fingerprint density at radius 3 is 2.20 bits per heavy atom. The zero-order valence-corrected chi connectivity index (χ0v) is 18.6. The van der Waals surface area contributed by atoms with Gasteiger partial charge < -0.3 is 43.2 Å². The number of fused-ring (bicyclic) bond motifs is 1. The molecule has 1 heterocycles. The van der Waals surface area contributed by atoms with Gasteiger partial charge in [0, 0.05) is 23.5 Å². The molecule has 0 saturated carbocycles. The van der Waals surface area contributed by atoms with Crippen LogP contribution in [-0.2, 0) is 35.2 Å². The molecule has 2 rings (SSSR count). The van der Waals surface area contributed by atoms with Gasteiger partial charge in [0.25, 0.3) is 0 Å². The highest BCUT2D eigenvalue weighted by Crippen LogP contribution is 2.19. The summed E-state index contributed by atoms with van der Waals surface area (Å²) >= 11 is 0. The van der Waals surface area contributed by atoms with Gasteiger partial charge in [-0.05, 0) is 11.6 Å². The number of primary amides is 2. The summed E-state index contributed by atoms with van der Waals surface area (Å²) in [4.78, 5) is 73.6. The first-order valence-corrected chi connectivity index (χ1v) is 10.4. The SMILES string of the molecule is NC(=O)CC(N)C(=O)NC(Cc1c[nH]c2ccccc12)C(=O)NCC(=O)NC(CC(N)=O)C(=O)O. The summed E-state index contributed by atoms with van der Waals surface area (Å²) in [6.45, 7) is -0.644. The molecule has 0 saturated heterocycles. The lowest BCUT2D eigenvalue weighted by molar-refractivity contribution is -0.143. The maximum absolute atomic E-state index is 12.8. The van der Waals surface area contributed by atoms with Crippen molar-refractivity contribution in [3.63, 3.8) is 0 Å². The minimum atomic E-state index is -1.56. The summed E-state index contributed by atoms with van der Waals surface area (Å²) in [6.07, 6.45) is 0.596. The molecule has 3 unspecified atom stereocenters. The van der Waals surface area contributed by atoms with Gasteiger partial charge in [0.05, 0.1) is 25.4 Å². The molecule has 2 aromatic rings. The van der Waals surface area contributed by atoms with E-state index in [-0.39, 0.29) is 6.42 Å². The van der Waals surface area contributed by atoms with E-state index >= 15 is 0 Å². The first-order valence-electron chi connectivity index (χ1n) is 10.4. The van der Waals surface area contributed by atoms with Gasteiger partial charge >= 0.3 is 5.97 Å². The molecular weight excluding hydrogens is 462 g/mol. The zero-order valence-electron chi connectivity index (χ0n) is 18.6. The maximum Gasteiger partial charge on any atom is 0.326 e. The van der Waals surface area contributed by atoms with Crippen LogP contribution in [0, 0.1) is 0 Å². The molecule has 14 nitrogen and oxygen atoms in total. The van der Waals surface area contributed by atoms with E-state index in [2.05, 4.69) is 20.9 Å². The van der Waals surface area contributed by atoms with Crippen molar-refractivity contribution in [2.75, 3.05) is 6.54 Å². The van der Waals surface area contributed by atoms with Crippen LogP contribution in [0.25, 0.3) is 10.9 Å². The highest BCUT2D eigenvalue weighted by molar-refractivity contribution is 5.95. The number of rotatable bonds is 13. The third-order valence-corrected chi connectivity index (χ3v) is 4.95. The van der Waals surface area contributed by atoms with Gasteiger partial charge in [-0.2, -0.15) is 0 Å². The maximum atomic E-state index is 12.8. The number of carbonyl (C=O) groups excluding carboxylic acids is 5. The van der Waals surface area contributed by atoms with Gasteiger partial charge in [-0.15, -0.1) is 0 Å². The van der Waals surface area contributed by atoms with Crippen molar-refractivity contribution in [2.45, 2.75) is 37.4 Å². The standard InChI is InChI=1S/C21H27N7O7/c22-12(6-16(23)29)19(32)28-14(5-10-8-25-13-4-2-1-3-11(10)13)20(33)26-9-18(31)27-15(21(34)35)7-17(24)30/h1-4,8,12,14-15,25H,5-7,9,22H2,(H2,23,29)(H2,24,30)(H,26,33)(H,27,31)(H,28,32)(H,34,35). The third kappa shape index (κ3) is 8.12. The van der Waals surface area contributed by atoms with Crippen molar-refractivity contribution in [3.05, 3.63) is 36.0 Å². The average Bonchev–Trinajstić information content (AvgIpc) is 3.18. The second-order valence-electron chi connectivity index (χ2n) is 7.75. The number of aromatic nitrogens is 1. The molecule has 0 aliphatic carbocycles. The van der Waals surface area contributed by atoms with Crippen LogP contribution in [0.4, 0.5) is 0 Å². The Morgan fingerprint density at radius 2 is 1.57 bits per heavy atom. The fourth-order valence-corrected chi connectivity index (χ4v) is 3.26. The number of carboxylic acids is 1. The summed E-state index contributed by atoms with van der Waals surface area (Å²) in [5.41, 5.74) is 17.2. The Kier molecular flexibility index (Phi) is 9.28. The van der Waals surface area contributed by atoms with Crippen molar-refractivity contribution in [1.29, 1.82) is 0 Å². The zero-order chi connectivity index (χ0) is 26.1. The number of hydrogen-bond acceptors (Lipinski definition) is 7. The quantitative estimate of drug-likeness (QED) is 0.143. The normalized spacial score (nSPS) is 13.3. The molecule has 0 aliphatic rings. The third-order valence-electron chi connectivity index (χ3n) is 4.95. The van der Waals surface area contributed by atoms with Gasteiger partial charge in [0.1, 0.15) is 12.1 Å². The van der Waals surface area contributed by atoms with Gasteiger partial charge in [-0.25, -0.2) is 4.79 Å². The second kappa shape index (κ2) is 12.1. The molecular formula is C21H27N7O7. The summed E-state index contributed by atoms with van der Waals surface area (Å²) < 4.78 is 0. The van der Waals surface area contributed by atoms with E-state index in [9.17, 15) is 28.8 Å². The lowest BCUT2D eigenvalue weighted by atomic mass is 10.0. The number of benzene rings is 1. The molecule has 35 heavy (non-hydrogen) atoms. The second-order valence-corrected chi connectivity index (χ2v) is 7.75. The fraction of sp³-hybridized carbons (Fsp3) is 0.333. The lowest BCUT2D eigenvalue weighted by Gasteiger charge is -2.20. The summed E-state index contributed by atoms with van der Waals surface area (Å²) in [5.74, 6) is -5.68. The summed E-state index contributed by atoms with van der Waals surface area (Å²) in [6, 6.07) is 3.20. The Bertz CT molecular complexity index is 1130. The number of aliphatic carboxylic acids is 1. The molecule has 0 spiro atoms. The number of H-pyrrole nitrogens is 1. The van der Waals surface area contributed by atoms with Gasteiger partial charge in [-0.1, -0.05) is 18.2 Å². The van der Waals surface area contributed by atoms with Gasteiger partial charge in [0.15, 0.2) is 0 Å². The number of para-hydroxylation sites is 1. The number of carbonyl (C=O) groups is 6. The fourth-order valence-electron chi connectivity index (χ4n) is 3.26. The van der Waals surface area contributed by atoms with Crippen LogP contribution in [0.5, 0.6) is 0 Å². The van der Waals surface area contributed by atoms with Crippen LogP contribution < -0.4 is 33.2 Å². The minimum absolute atomic E-state index is 0.00588. The van der Waals surface area contributed by atoms with Crippen molar-refractivity contribution in [2.24, 2.45) is 17.2 Å². The average molecular weight is 489 g/mol. The first-order chi connectivity index (χ1) is 16.5. The Morgan fingerprint density at radius 1 is 0.914 bits per heavy atom. The summed E-state index contributed by atoms with van der Waals surface area (Å²) in [7, 11) is 0. The molecule has 1 aromatic carbocycles. The smallest absolute Gasteiger partial charge is 0.326 e. The first kappa shape index (κ1) is 26.8. The van der Waals surface area contributed by atoms with Crippen LogP contribution >= 0.6 is 0 Å². The van der Waals surface area contributed by atoms with E-state index in [0.29, 0.717) is 5.56 Å². The van der Waals surface area contributed by atoms with E-state index < -0.39 is 73.0 Å². The van der Waals surface area contributed by atoms with Gasteiger partial charge in [-0.3, -0.25) is 24.0 Å². The number of hydrogen-bond donors (Lipinski definition) is 8. The molecule has 0 bridgehead atoms. The Labute approximate surface area is 198 Å². The van der Waals surface area contributed by atoms with Crippen molar-refractivity contribution in [1.82, 2.24) is 20.9 Å². The minimum Gasteiger partial charge on any atom is -0.480 e. The molecule has 3 atom stereocenters. The largest absolute Gasteiger partial charge is 0.480 e. The summed E-state index contributed by atoms with van der Waals surface area (Å²) in [5, 5.41) is 16.7. The van der Waals surface area contributed by atoms with E-state index in [0.717, 1.165) is 10.9 Å². The van der Waals surface area contributed by atoms with Crippen molar-refractivity contribution < 1.29 is 33.9 Å². The van der Waals surface area contributed by atoms with Crippen LogP contribution in [0.3, 0.4) is 0 Å². The van der Waals surface area contributed by atoms with Crippen molar-refractivity contribution >= 4 is 46.4 Å². The highest BCUT2D eigenvalue weighted by Gasteiger charge is 2.27. The molecule has 188 valence electrons. The van der Waals surface area contributed by atoms with E-state index in [1.807, 2.05) is 18.2 Å². The predicted molar refractivity (Wildman–Crippen MR) is 122 cm³/mol. The predicted octanol–water partition coefficient (Wildman–Crippen LogP) is -3.04. The van der Waals surface area contributed by atoms with Crippen LogP contribution in [0.2, 0.25) is 0 Å². The molecule has 11 N–H and O–H groups in total. The van der Waals surface area contributed by atoms with E-state index in [4.69, 9.17) is 22.3 Å². The molecule has 0 fully saturated rings. The van der Waals surface area contributed by atoms with E-state index in [1.165, 1.54) is 0 Å². The molecule has 0 radical (unpaired) electrons. The molecule has 1 aromatic heterocycles. The molecule has 5 amide bonds. The van der Waals surface area contributed by atoms with Crippen LogP contribution in [0.1, 0.15) is 18.4 Å². The number of carboxylic acid groups (broad SMARTS) is 1. The van der Waals surface area contributed by atoms with Gasteiger partial charge in [0.2, 0.25) is 29.5 Å².